The summed E-state index contributed by atoms with van der Waals surface area (Å²) in [5.74, 6) is 0.714. The molecule has 0 bridgehead atoms. The van der Waals surface area contributed by atoms with E-state index in [0.29, 0.717) is 21.2 Å². The number of benzene rings is 2. The Hall–Kier alpha value is -1.70. The first-order valence-electron chi connectivity index (χ1n) is 7.73. The van der Waals surface area contributed by atoms with Crippen molar-refractivity contribution in [3.63, 3.8) is 0 Å². The van der Waals surface area contributed by atoms with Gasteiger partial charge in [-0.15, -0.1) is 0 Å². The smallest absolute Gasteiger partial charge is 0.200 e. The molecule has 0 heterocycles. The molecule has 0 aliphatic rings. The summed E-state index contributed by atoms with van der Waals surface area (Å²) in [4.78, 5) is 12.4. The van der Waals surface area contributed by atoms with E-state index in [1.807, 2.05) is 64.1 Å². The van der Waals surface area contributed by atoms with Crippen molar-refractivity contribution in [2.24, 2.45) is 0 Å². The summed E-state index contributed by atoms with van der Waals surface area (Å²) in [6.07, 6.45) is 0. The molecule has 0 aliphatic carbocycles. The molecule has 2 aromatic rings. The third-order valence-corrected chi connectivity index (χ3v) is 4.52. The van der Waals surface area contributed by atoms with E-state index in [2.05, 4.69) is 0 Å². The Balaban J connectivity index is 1.99. The molecule has 0 fully saturated rings. The highest BCUT2D eigenvalue weighted by molar-refractivity contribution is 7.41. The minimum Gasteiger partial charge on any atom is -0.485 e. The lowest BCUT2D eigenvalue weighted by Crippen LogP contribution is -2.14. The molecule has 4 heteroatoms. The zero-order valence-electron chi connectivity index (χ0n) is 14.1. The van der Waals surface area contributed by atoms with Gasteiger partial charge in [0.15, 0.2) is 6.61 Å². The lowest BCUT2D eigenvalue weighted by atomic mass is 9.97. The van der Waals surface area contributed by atoms with Crippen LogP contribution in [-0.2, 0) is 4.52 Å². The second-order valence-corrected chi connectivity index (χ2v) is 6.62. The molecule has 0 radical (unpaired) electrons. The Morgan fingerprint density at radius 3 is 2.22 bits per heavy atom. The molecular weight excluding hydrogens is 307 g/mol. The fourth-order valence-electron chi connectivity index (χ4n) is 2.62. The second-order valence-electron chi connectivity index (χ2n) is 5.55. The van der Waals surface area contributed by atoms with Crippen LogP contribution in [0.25, 0.3) is 0 Å². The quantitative estimate of drug-likeness (QED) is 0.566. The van der Waals surface area contributed by atoms with Gasteiger partial charge < -0.3 is 9.26 Å². The minimum atomic E-state index is 0.0141. The summed E-state index contributed by atoms with van der Waals surface area (Å²) >= 11 is 0. The third kappa shape index (κ3) is 4.89. The maximum atomic E-state index is 12.4. The molecule has 0 N–H and O–H groups in total. The Kier molecular flexibility index (Phi) is 6.32. The number of ketones is 1. The van der Waals surface area contributed by atoms with Gasteiger partial charge in [-0.2, -0.15) is 0 Å². The van der Waals surface area contributed by atoms with Crippen LogP contribution in [0.5, 0.6) is 5.75 Å². The Morgan fingerprint density at radius 2 is 1.65 bits per heavy atom. The monoisotopic (exact) mass is 330 g/mol. The Bertz CT molecular complexity index is 655. The van der Waals surface area contributed by atoms with Crippen molar-refractivity contribution in [3.05, 3.63) is 58.7 Å². The van der Waals surface area contributed by atoms with E-state index in [4.69, 9.17) is 9.26 Å². The lowest BCUT2D eigenvalue weighted by Gasteiger charge is -2.11. The van der Waals surface area contributed by atoms with Gasteiger partial charge >= 0.3 is 0 Å². The van der Waals surface area contributed by atoms with Gasteiger partial charge in [0.2, 0.25) is 5.78 Å². The minimum absolute atomic E-state index is 0.0141. The van der Waals surface area contributed by atoms with Crippen LogP contribution in [0, 0.1) is 20.8 Å². The normalized spacial score (nSPS) is 11.1. The molecule has 0 saturated carbocycles. The van der Waals surface area contributed by atoms with Gasteiger partial charge in [-0.25, -0.2) is 0 Å². The van der Waals surface area contributed by atoms with Crippen molar-refractivity contribution in [1.82, 2.24) is 0 Å². The van der Waals surface area contributed by atoms with Crippen LogP contribution >= 0.6 is 8.81 Å². The molecule has 0 amide bonds. The largest absolute Gasteiger partial charge is 0.485 e. The van der Waals surface area contributed by atoms with Gasteiger partial charge in [0, 0.05) is 21.0 Å². The first-order valence-corrected chi connectivity index (χ1v) is 8.63. The standard InChI is InChI=1S/C19H23O3P/c1-5-22-23-17-8-6-16(7-9-17)21-12-18(20)19-14(3)10-13(2)11-15(19)4/h6-11,23H,5,12H2,1-4H3. The predicted octanol–water partition coefficient (Wildman–Crippen LogP) is 4.13. The first kappa shape index (κ1) is 17.7. The number of Topliss-reactive ketones (excluding diaryl/α,β-unsaturated/α-hetero) is 1. The van der Waals surface area contributed by atoms with E-state index in [1.165, 1.54) is 5.56 Å². The van der Waals surface area contributed by atoms with E-state index in [9.17, 15) is 4.79 Å². The van der Waals surface area contributed by atoms with Crippen molar-refractivity contribution in [3.8, 4) is 5.75 Å². The highest BCUT2D eigenvalue weighted by Gasteiger charge is 2.13. The van der Waals surface area contributed by atoms with E-state index in [0.717, 1.165) is 22.0 Å². The van der Waals surface area contributed by atoms with Crippen LogP contribution in [0.3, 0.4) is 0 Å². The summed E-state index contributed by atoms with van der Waals surface area (Å²) in [6, 6.07) is 11.8. The highest BCUT2D eigenvalue weighted by atomic mass is 31.1. The van der Waals surface area contributed by atoms with E-state index in [1.54, 1.807) is 0 Å². The Morgan fingerprint density at radius 1 is 1.04 bits per heavy atom. The molecule has 2 rings (SSSR count). The predicted molar refractivity (Wildman–Crippen MR) is 96.5 cm³/mol. The topological polar surface area (TPSA) is 35.5 Å². The number of hydrogen-bond donors (Lipinski definition) is 0. The molecule has 0 saturated heterocycles. The molecular formula is C19H23O3P. The number of hydrogen-bond acceptors (Lipinski definition) is 3. The summed E-state index contributed by atoms with van der Waals surface area (Å²) < 4.78 is 11.0. The molecule has 23 heavy (non-hydrogen) atoms. The van der Waals surface area contributed by atoms with Gasteiger partial charge in [0.25, 0.3) is 0 Å². The fraction of sp³-hybridized carbons (Fsp3) is 0.316. The zero-order valence-corrected chi connectivity index (χ0v) is 15.1. The van der Waals surface area contributed by atoms with Crippen LogP contribution in [0.2, 0.25) is 0 Å². The van der Waals surface area contributed by atoms with Crippen molar-refractivity contribution in [2.45, 2.75) is 27.7 Å². The molecule has 0 aliphatic heterocycles. The van der Waals surface area contributed by atoms with E-state index >= 15 is 0 Å². The molecule has 122 valence electrons. The molecule has 1 unspecified atom stereocenters. The van der Waals surface area contributed by atoms with Gasteiger partial charge in [-0.05, 0) is 68.4 Å². The van der Waals surface area contributed by atoms with E-state index < -0.39 is 0 Å². The van der Waals surface area contributed by atoms with Crippen LogP contribution in [-0.4, -0.2) is 19.0 Å². The van der Waals surface area contributed by atoms with Crippen molar-refractivity contribution in [2.75, 3.05) is 13.2 Å². The lowest BCUT2D eigenvalue weighted by molar-refractivity contribution is 0.0920. The SMILES string of the molecule is CCOPc1ccc(OCC(=O)c2c(C)cc(C)cc2C)cc1. The molecule has 1 atom stereocenters. The fourth-order valence-corrected chi connectivity index (χ4v) is 3.23. The summed E-state index contributed by atoms with van der Waals surface area (Å²) in [7, 11) is 0.349. The Labute approximate surface area is 139 Å². The number of carbonyl (C=O) groups excluding carboxylic acids is 1. The number of aryl methyl sites for hydroxylation is 3. The van der Waals surface area contributed by atoms with Crippen molar-refractivity contribution >= 4 is 19.9 Å². The number of rotatable bonds is 7. The van der Waals surface area contributed by atoms with Crippen LogP contribution in [0.15, 0.2) is 36.4 Å². The summed E-state index contributed by atoms with van der Waals surface area (Å²) in [6.45, 7) is 8.71. The van der Waals surface area contributed by atoms with Gasteiger partial charge in [-0.1, -0.05) is 17.7 Å². The summed E-state index contributed by atoms with van der Waals surface area (Å²) in [5, 5.41) is 1.12. The molecule has 3 nitrogen and oxygen atoms in total. The number of carbonyl (C=O) groups is 1. The van der Waals surface area contributed by atoms with Crippen molar-refractivity contribution in [1.29, 1.82) is 0 Å². The average molecular weight is 330 g/mol. The van der Waals surface area contributed by atoms with Gasteiger partial charge in [-0.3, -0.25) is 4.79 Å². The van der Waals surface area contributed by atoms with Crippen LogP contribution < -0.4 is 10.0 Å². The molecule has 2 aromatic carbocycles. The second kappa shape index (κ2) is 8.24. The zero-order chi connectivity index (χ0) is 16.8. The van der Waals surface area contributed by atoms with E-state index in [-0.39, 0.29) is 12.4 Å². The van der Waals surface area contributed by atoms with Crippen molar-refractivity contribution < 1.29 is 14.1 Å². The first-order chi connectivity index (χ1) is 11.0. The maximum absolute atomic E-state index is 12.4. The molecule has 0 aromatic heterocycles. The maximum Gasteiger partial charge on any atom is 0.200 e. The van der Waals surface area contributed by atoms with Gasteiger partial charge in [0.1, 0.15) is 5.75 Å². The highest BCUT2D eigenvalue weighted by Crippen LogP contribution is 2.19. The molecule has 0 spiro atoms. The van der Waals surface area contributed by atoms with Crippen LogP contribution in [0.4, 0.5) is 0 Å². The number of ether oxygens (including phenoxy) is 1. The van der Waals surface area contributed by atoms with Gasteiger partial charge in [0.05, 0.1) is 0 Å². The third-order valence-electron chi connectivity index (χ3n) is 3.51. The van der Waals surface area contributed by atoms with Crippen LogP contribution in [0.1, 0.15) is 34.0 Å². The summed E-state index contributed by atoms with van der Waals surface area (Å²) in [5.41, 5.74) is 3.95. The average Bonchev–Trinajstić information content (AvgIpc) is 2.51.